The first-order valence-corrected chi connectivity index (χ1v) is 29.9. The second-order valence-corrected chi connectivity index (χ2v) is 22.1. The van der Waals surface area contributed by atoms with Gasteiger partial charge in [0.25, 0.3) is 0 Å². The van der Waals surface area contributed by atoms with Crippen LogP contribution in [0.2, 0.25) is 0 Å². The molecule has 0 bridgehead atoms. The lowest BCUT2D eigenvalue weighted by atomic mass is 10.0. The summed E-state index contributed by atoms with van der Waals surface area (Å²) in [6, 6.07) is 39.0. The van der Waals surface area contributed by atoms with Crippen LogP contribution >= 0.6 is 0 Å². The molecule has 0 aliphatic carbocycles. The Kier molecular flexibility index (Phi) is 17.5. The van der Waals surface area contributed by atoms with Crippen molar-refractivity contribution in [3.63, 3.8) is 0 Å². The van der Waals surface area contributed by atoms with Crippen LogP contribution in [-0.4, -0.2) is 118 Å². The fourth-order valence-electron chi connectivity index (χ4n) is 10.9. The van der Waals surface area contributed by atoms with Gasteiger partial charge in [0.05, 0.1) is 84.9 Å². The van der Waals surface area contributed by atoms with Crippen molar-refractivity contribution in [1.82, 2.24) is 93.1 Å². The largest absolute Gasteiger partial charge is 0.494 e. The zero-order chi connectivity index (χ0) is 67.4. The third-order valence-electron chi connectivity index (χ3n) is 15.5. The van der Waals surface area contributed by atoms with Crippen molar-refractivity contribution < 1.29 is 36.7 Å². The summed E-state index contributed by atoms with van der Waals surface area (Å²) < 4.78 is 71.6. The van der Waals surface area contributed by atoms with Crippen molar-refractivity contribution in [2.75, 3.05) is 7.11 Å². The van der Waals surface area contributed by atoms with Crippen LogP contribution in [-0.2, 0) is 40.4 Å². The van der Waals surface area contributed by atoms with Gasteiger partial charge in [0, 0.05) is 91.7 Å². The number of nitrogens with zero attached hydrogens (tertiary/aromatic N) is 19. The van der Waals surface area contributed by atoms with Crippen molar-refractivity contribution in [3.8, 4) is 73.7 Å². The summed E-state index contributed by atoms with van der Waals surface area (Å²) >= 11 is 0. The standard InChI is InChI=1S/C24H19FN6O2.C23H16F2N6O.C23H18FN7O/c1-30-23(17(13-27-30)22-20(33-2)9-6-10-26-22)19(32)11-16-12-21-28-24(15-7-4-3-5-8-15)29-31(21)14-18(16)25;1-30-22(17(12-27-30)19-8-7-16(24)11-26-19)20(32)9-15-10-21-28-23(14-5-3-2-4-6-14)29-31(21)13-18(15)25;1-14-10-25-12-19(27-14)17-11-26-30(2)22(17)20(32)8-16-9-21-28-23(15-6-4-3-5-7-15)29-31(21)13-18(16)24/h3-10,12-14H,11H2,1-2H3;2-8,10-13H,9H2,1H3;3-7,9-13H,8H2,1-2H3. The number of pyridine rings is 5. The van der Waals surface area contributed by atoms with Gasteiger partial charge in [-0.15, -0.1) is 15.3 Å². The van der Waals surface area contributed by atoms with E-state index in [1.54, 1.807) is 76.4 Å². The molecule has 0 unspecified atom stereocenters. The smallest absolute Gasteiger partial charge is 0.186 e. The number of ether oxygens (including phenoxy) is 1. The minimum absolute atomic E-state index is 0.151. The second kappa shape index (κ2) is 27.0. The van der Waals surface area contributed by atoms with E-state index in [0.29, 0.717) is 85.3 Å². The average Bonchev–Trinajstić information content (AvgIpc) is 1.71. The fraction of sp³-hybridized carbons (Fsp3) is 0.114. The molecule has 97 heavy (non-hydrogen) atoms. The molecule has 0 N–H and O–H groups in total. The van der Waals surface area contributed by atoms with Crippen molar-refractivity contribution in [3.05, 3.63) is 258 Å². The fourth-order valence-corrected chi connectivity index (χ4v) is 10.9. The van der Waals surface area contributed by atoms with E-state index in [2.05, 4.69) is 65.5 Å². The molecule has 0 atom stereocenters. The summed E-state index contributed by atoms with van der Waals surface area (Å²) in [6.07, 6.45) is 13.7. The van der Waals surface area contributed by atoms with Crippen LogP contribution in [0.25, 0.3) is 84.9 Å². The maximum atomic E-state index is 14.9. The second-order valence-electron chi connectivity index (χ2n) is 22.1. The highest BCUT2D eigenvalue weighted by Crippen LogP contribution is 2.32. The molecule has 23 nitrogen and oxygen atoms in total. The molecule has 12 heterocycles. The van der Waals surface area contributed by atoms with E-state index in [-0.39, 0.29) is 59.0 Å². The number of hydrogen-bond donors (Lipinski definition) is 0. The molecule has 0 aliphatic heterocycles. The number of fused-ring (bicyclic) bond motifs is 3. The van der Waals surface area contributed by atoms with Gasteiger partial charge in [-0.05, 0) is 49.4 Å². The molecule has 0 saturated heterocycles. The number of carbonyl (C=O) groups excluding carboxylic acids is 3. The number of rotatable bonds is 16. The number of hydrogen-bond acceptors (Lipinski definition) is 17. The predicted molar refractivity (Wildman–Crippen MR) is 348 cm³/mol. The summed E-state index contributed by atoms with van der Waals surface area (Å²) in [7, 11) is 6.48. The Hall–Kier alpha value is -12.9. The number of benzene rings is 3. The van der Waals surface area contributed by atoms with Crippen molar-refractivity contribution >= 4 is 34.3 Å². The Morgan fingerprint density at radius 2 is 0.856 bits per heavy atom. The van der Waals surface area contributed by atoms with Gasteiger partial charge in [-0.1, -0.05) is 91.0 Å². The molecular formula is C70H53F4N19O4. The molecule has 480 valence electrons. The minimum atomic E-state index is -0.570. The van der Waals surface area contributed by atoms with E-state index in [1.807, 2.05) is 97.9 Å². The zero-order valence-corrected chi connectivity index (χ0v) is 52.2. The molecule has 15 rings (SSSR count). The van der Waals surface area contributed by atoms with Crippen molar-refractivity contribution in [2.45, 2.75) is 26.2 Å². The third-order valence-corrected chi connectivity index (χ3v) is 15.5. The first-order valence-electron chi connectivity index (χ1n) is 29.9. The number of Topliss-reactive ketones (excluding diaryl/α,β-unsaturated/α-hetero) is 3. The Bertz CT molecular complexity index is 5440. The normalized spacial score (nSPS) is 11.2. The summed E-state index contributed by atoms with van der Waals surface area (Å²) in [5.74, 6) is -1.11. The Balaban J connectivity index is 0.000000131. The van der Waals surface area contributed by atoms with E-state index in [9.17, 15) is 31.9 Å². The quantitative estimate of drug-likeness (QED) is 0.0643. The lowest BCUT2D eigenvalue weighted by molar-refractivity contribution is 0.0975. The Morgan fingerprint density at radius 3 is 1.26 bits per heavy atom. The highest BCUT2D eigenvalue weighted by atomic mass is 19.1. The summed E-state index contributed by atoms with van der Waals surface area (Å²) in [6.45, 7) is 1.82. The van der Waals surface area contributed by atoms with Gasteiger partial charge in [-0.2, -0.15) is 15.3 Å². The highest BCUT2D eigenvalue weighted by Gasteiger charge is 2.26. The molecule has 15 aromatic rings. The Morgan fingerprint density at radius 1 is 0.443 bits per heavy atom. The molecule has 0 fully saturated rings. The van der Waals surface area contributed by atoms with Gasteiger partial charge in [0.1, 0.15) is 51.8 Å². The molecule has 0 spiro atoms. The van der Waals surface area contributed by atoms with Gasteiger partial charge >= 0.3 is 0 Å². The minimum Gasteiger partial charge on any atom is -0.494 e. The Labute approximate surface area is 548 Å². The molecule has 3 aromatic carbocycles. The van der Waals surface area contributed by atoms with Crippen LogP contribution in [0.15, 0.2) is 195 Å². The number of methoxy groups -OCH3 is 1. The topological polar surface area (TPSA) is 256 Å². The van der Waals surface area contributed by atoms with Crippen LogP contribution in [0.5, 0.6) is 5.75 Å². The monoisotopic (exact) mass is 1300 g/mol. The summed E-state index contributed by atoms with van der Waals surface area (Å²) in [5, 5.41) is 25.6. The van der Waals surface area contributed by atoms with Gasteiger partial charge in [0.2, 0.25) is 0 Å². The van der Waals surface area contributed by atoms with Gasteiger partial charge in [-0.3, -0.25) is 43.4 Å². The van der Waals surface area contributed by atoms with E-state index in [1.165, 1.54) is 77.7 Å². The number of aryl methyl sites for hydroxylation is 4. The van der Waals surface area contributed by atoms with E-state index in [4.69, 9.17) is 4.74 Å². The molecule has 0 amide bonds. The molecular weight excluding hydrogens is 1250 g/mol. The summed E-state index contributed by atoms with van der Waals surface area (Å²) in [5.41, 5.74) is 9.07. The van der Waals surface area contributed by atoms with Crippen LogP contribution < -0.4 is 4.74 Å². The third kappa shape index (κ3) is 13.2. The number of carbonyl (C=O) groups is 3. The first kappa shape index (κ1) is 62.8. The number of ketones is 3. The number of halogens is 4. The highest BCUT2D eigenvalue weighted by molar-refractivity contribution is 6.03. The molecule has 27 heteroatoms. The predicted octanol–water partition coefficient (Wildman–Crippen LogP) is 11.1. The van der Waals surface area contributed by atoms with E-state index in [0.717, 1.165) is 28.6 Å². The maximum Gasteiger partial charge on any atom is 0.186 e. The maximum absolute atomic E-state index is 14.9. The van der Waals surface area contributed by atoms with Crippen molar-refractivity contribution in [1.29, 1.82) is 0 Å². The van der Waals surface area contributed by atoms with E-state index < -0.39 is 23.3 Å². The molecule has 12 aromatic heterocycles. The van der Waals surface area contributed by atoms with Crippen molar-refractivity contribution in [2.24, 2.45) is 21.1 Å². The zero-order valence-electron chi connectivity index (χ0n) is 52.2. The number of aromatic nitrogens is 19. The van der Waals surface area contributed by atoms with Crippen LogP contribution in [0.1, 0.15) is 53.8 Å². The van der Waals surface area contributed by atoms with Gasteiger partial charge in [0.15, 0.2) is 51.8 Å². The van der Waals surface area contributed by atoms with Gasteiger partial charge < -0.3 is 4.74 Å². The first-order chi connectivity index (χ1) is 47.0. The molecule has 0 saturated carbocycles. The molecule has 0 radical (unpaired) electrons. The van der Waals surface area contributed by atoms with E-state index >= 15 is 0 Å². The van der Waals surface area contributed by atoms with Gasteiger partial charge in [-0.25, -0.2) is 51.0 Å². The van der Waals surface area contributed by atoms with Crippen LogP contribution in [0.4, 0.5) is 17.6 Å². The average molecular weight is 1300 g/mol. The van der Waals surface area contributed by atoms with Crippen LogP contribution in [0, 0.1) is 30.2 Å². The lowest BCUT2D eigenvalue weighted by Crippen LogP contribution is -2.12. The lowest BCUT2D eigenvalue weighted by Gasteiger charge is -2.09. The molecule has 0 aliphatic rings. The SMILES string of the molecule is COc1cccnc1-c1cnn(C)c1C(=O)Cc1cc2nc(-c3ccccc3)nn2cc1F.Cc1cncc(-c2cnn(C)c2C(=O)Cc2cc3nc(-c4ccccc4)nn3cc2F)n1.Cn1ncc(-c2ccc(F)cn2)c1C(=O)Cc1cc2nc(-c3ccccc3)nn2cc1F. The van der Waals surface area contributed by atoms with Crippen LogP contribution in [0.3, 0.4) is 0 Å². The summed E-state index contributed by atoms with van der Waals surface area (Å²) in [4.78, 5) is 69.9.